The quantitative estimate of drug-likeness (QED) is 0.427. The lowest BCUT2D eigenvalue weighted by Gasteiger charge is -2.14. The summed E-state index contributed by atoms with van der Waals surface area (Å²) in [6.45, 7) is -0.475. The van der Waals surface area contributed by atoms with Gasteiger partial charge in [0.05, 0.1) is 36.9 Å². The van der Waals surface area contributed by atoms with Crippen LogP contribution in [0.5, 0.6) is 11.5 Å². The molecular weight excluding hydrogens is 465 g/mol. The van der Waals surface area contributed by atoms with E-state index in [1.165, 1.54) is 50.6 Å². The molecule has 3 N–H and O–H groups in total. The summed E-state index contributed by atoms with van der Waals surface area (Å²) in [5.74, 6) is -1.37. The van der Waals surface area contributed by atoms with Crippen molar-refractivity contribution in [2.24, 2.45) is 0 Å². The van der Waals surface area contributed by atoms with Crippen molar-refractivity contribution in [3.63, 3.8) is 0 Å². The Morgan fingerprint density at radius 1 is 0.941 bits per heavy atom. The summed E-state index contributed by atoms with van der Waals surface area (Å²) >= 11 is 0. The molecule has 178 valence electrons. The normalized spacial score (nSPS) is 10.8. The van der Waals surface area contributed by atoms with Gasteiger partial charge in [-0.15, -0.1) is 0 Å². The van der Waals surface area contributed by atoms with Gasteiger partial charge in [0.15, 0.2) is 0 Å². The Bertz CT molecular complexity index is 1300. The summed E-state index contributed by atoms with van der Waals surface area (Å²) in [5.41, 5.74) is 0.189. The maximum atomic E-state index is 13.7. The molecule has 0 aliphatic heterocycles. The molecule has 0 saturated heterocycles. The number of carbonyl (C=O) groups is 2. The third kappa shape index (κ3) is 6.01. The molecule has 9 nitrogen and oxygen atoms in total. The Kier molecular flexibility index (Phi) is 7.69. The number of nitrogens with one attached hydrogen (secondary N) is 3. The molecule has 11 heteroatoms. The lowest BCUT2D eigenvalue weighted by Crippen LogP contribution is -2.33. The highest BCUT2D eigenvalue weighted by Crippen LogP contribution is 2.28. The van der Waals surface area contributed by atoms with Crippen LogP contribution in [0.4, 0.5) is 15.8 Å². The van der Waals surface area contributed by atoms with Gasteiger partial charge in [0, 0.05) is 5.69 Å². The van der Waals surface area contributed by atoms with Crippen LogP contribution >= 0.6 is 0 Å². The second kappa shape index (κ2) is 10.7. The van der Waals surface area contributed by atoms with Crippen LogP contribution < -0.4 is 24.8 Å². The van der Waals surface area contributed by atoms with Crippen LogP contribution in [0.1, 0.15) is 10.4 Å². The minimum Gasteiger partial charge on any atom is -0.497 e. The fourth-order valence-electron chi connectivity index (χ4n) is 2.92. The van der Waals surface area contributed by atoms with Gasteiger partial charge in [0.2, 0.25) is 5.91 Å². The fourth-order valence-corrected chi connectivity index (χ4v) is 4.01. The Hall–Kier alpha value is -4.12. The molecule has 0 aromatic heterocycles. The zero-order valence-electron chi connectivity index (χ0n) is 18.3. The Labute approximate surface area is 195 Å². The summed E-state index contributed by atoms with van der Waals surface area (Å²) in [4.78, 5) is 24.3. The van der Waals surface area contributed by atoms with E-state index in [2.05, 4.69) is 15.4 Å². The minimum atomic E-state index is -3.99. The topological polar surface area (TPSA) is 123 Å². The van der Waals surface area contributed by atoms with Gasteiger partial charge in [-0.3, -0.25) is 14.3 Å². The molecule has 2 amide bonds. The number of benzene rings is 3. The number of hydrogen-bond acceptors (Lipinski definition) is 6. The highest BCUT2D eigenvalue weighted by Gasteiger charge is 2.19. The van der Waals surface area contributed by atoms with E-state index in [0.717, 1.165) is 6.07 Å². The van der Waals surface area contributed by atoms with Gasteiger partial charge in [-0.1, -0.05) is 12.1 Å². The Morgan fingerprint density at radius 3 is 2.29 bits per heavy atom. The number of halogens is 1. The number of anilines is 2. The molecule has 34 heavy (non-hydrogen) atoms. The molecule has 0 bridgehead atoms. The Morgan fingerprint density at radius 2 is 1.65 bits per heavy atom. The zero-order chi connectivity index (χ0) is 24.7. The molecule has 0 spiro atoms. The van der Waals surface area contributed by atoms with Crippen molar-refractivity contribution in [3.05, 3.63) is 78.1 Å². The van der Waals surface area contributed by atoms with E-state index in [9.17, 15) is 22.4 Å². The number of ether oxygens (including phenoxy) is 2. The molecule has 0 atom stereocenters. The third-order valence-corrected chi connectivity index (χ3v) is 6.00. The fraction of sp³-hybridized carbons (Fsp3) is 0.130. The van der Waals surface area contributed by atoms with Gasteiger partial charge in [0.1, 0.15) is 17.3 Å². The lowest BCUT2D eigenvalue weighted by atomic mass is 10.2. The Balaban J connectivity index is 1.72. The molecule has 0 saturated carbocycles. The molecule has 3 aromatic rings. The third-order valence-electron chi connectivity index (χ3n) is 4.63. The highest BCUT2D eigenvalue weighted by molar-refractivity contribution is 7.92. The summed E-state index contributed by atoms with van der Waals surface area (Å²) in [6, 6.07) is 15.6. The van der Waals surface area contributed by atoms with Gasteiger partial charge in [-0.2, -0.15) is 0 Å². The maximum absolute atomic E-state index is 13.7. The standard InChI is InChI=1S/C23H22FN3O6S/c1-32-16-9-7-15(8-10-16)27-34(30,31)17-11-12-21(33-2)20(13-17)26-22(28)14-25-23(29)18-5-3-4-6-19(18)24/h3-13,27H,14H2,1-2H3,(H,25,29)(H,26,28). The SMILES string of the molecule is COc1ccc(NS(=O)(=O)c2ccc(OC)c(NC(=O)CNC(=O)c3ccccc3F)c2)cc1. The summed E-state index contributed by atoms with van der Waals surface area (Å²) in [6.07, 6.45) is 0. The predicted molar refractivity (Wildman–Crippen MR) is 124 cm³/mol. The van der Waals surface area contributed by atoms with Gasteiger partial charge >= 0.3 is 0 Å². The van der Waals surface area contributed by atoms with Crippen LogP contribution in [0.3, 0.4) is 0 Å². The monoisotopic (exact) mass is 487 g/mol. The van der Waals surface area contributed by atoms with Crippen LogP contribution in [0.15, 0.2) is 71.6 Å². The van der Waals surface area contributed by atoms with Gasteiger partial charge < -0.3 is 20.1 Å². The number of carbonyl (C=O) groups excluding carboxylic acids is 2. The van der Waals surface area contributed by atoms with Crippen LogP contribution in [-0.4, -0.2) is 41.0 Å². The molecule has 3 aromatic carbocycles. The number of sulfonamides is 1. The first kappa shape index (κ1) is 24.5. The lowest BCUT2D eigenvalue weighted by molar-refractivity contribution is -0.115. The maximum Gasteiger partial charge on any atom is 0.261 e. The highest BCUT2D eigenvalue weighted by atomic mass is 32.2. The van der Waals surface area contributed by atoms with Crippen LogP contribution in [0.2, 0.25) is 0 Å². The van der Waals surface area contributed by atoms with Crippen molar-refractivity contribution in [1.29, 1.82) is 0 Å². The average Bonchev–Trinajstić information content (AvgIpc) is 2.83. The van der Waals surface area contributed by atoms with Crippen molar-refractivity contribution >= 4 is 33.2 Å². The average molecular weight is 488 g/mol. The largest absolute Gasteiger partial charge is 0.497 e. The van der Waals surface area contributed by atoms with Crippen molar-refractivity contribution in [3.8, 4) is 11.5 Å². The van der Waals surface area contributed by atoms with E-state index in [4.69, 9.17) is 9.47 Å². The van der Waals surface area contributed by atoms with E-state index < -0.39 is 34.2 Å². The number of hydrogen-bond donors (Lipinski definition) is 3. The first-order chi connectivity index (χ1) is 16.2. The zero-order valence-corrected chi connectivity index (χ0v) is 19.1. The second-order valence-electron chi connectivity index (χ2n) is 6.91. The predicted octanol–water partition coefficient (Wildman–Crippen LogP) is 3.01. The van der Waals surface area contributed by atoms with Gasteiger partial charge in [-0.25, -0.2) is 12.8 Å². The van der Waals surface area contributed by atoms with Crippen LogP contribution in [0, 0.1) is 5.82 Å². The molecule has 0 fully saturated rings. The van der Waals surface area contributed by atoms with Crippen LogP contribution in [0.25, 0.3) is 0 Å². The number of amides is 2. The molecule has 0 heterocycles. The van der Waals surface area contributed by atoms with Crippen molar-refractivity contribution in [2.75, 3.05) is 30.8 Å². The molecule has 0 radical (unpaired) electrons. The molecular formula is C23H22FN3O6S. The molecule has 0 unspecified atom stereocenters. The van der Waals surface area contributed by atoms with Crippen molar-refractivity contribution < 1.29 is 31.9 Å². The summed E-state index contributed by atoms with van der Waals surface area (Å²) in [5, 5.41) is 4.80. The van der Waals surface area contributed by atoms with E-state index in [1.54, 1.807) is 24.3 Å². The minimum absolute atomic E-state index is 0.0743. The second-order valence-corrected chi connectivity index (χ2v) is 8.59. The van der Waals surface area contributed by atoms with Crippen molar-refractivity contribution in [1.82, 2.24) is 5.32 Å². The van der Waals surface area contributed by atoms with E-state index in [0.29, 0.717) is 11.4 Å². The van der Waals surface area contributed by atoms with Gasteiger partial charge in [0.25, 0.3) is 15.9 Å². The summed E-state index contributed by atoms with van der Waals surface area (Å²) < 4.78 is 52.0. The number of methoxy groups -OCH3 is 2. The first-order valence-corrected chi connectivity index (χ1v) is 11.4. The van der Waals surface area contributed by atoms with Crippen molar-refractivity contribution in [2.45, 2.75) is 4.90 Å². The van der Waals surface area contributed by atoms with Crippen LogP contribution in [-0.2, 0) is 14.8 Å². The molecule has 0 aliphatic carbocycles. The van der Waals surface area contributed by atoms with Gasteiger partial charge in [-0.05, 0) is 54.6 Å². The van der Waals surface area contributed by atoms with E-state index in [-0.39, 0.29) is 21.9 Å². The first-order valence-electron chi connectivity index (χ1n) is 9.91. The molecule has 3 rings (SSSR count). The summed E-state index contributed by atoms with van der Waals surface area (Å²) in [7, 11) is -1.14. The number of rotatable bonds is 9. The van der Waals surface area contributed by atoms with E-state index >= 15 is 0 Å². The smallest absolute Gasteiger partial charge is 0.261 e. The van der Waals surface area contributed by atoms with E-state index in [1.807, 2.05) is 0 Å². The molecule has 0 aliphatic rings.